The molecule has 1 atom stereocenters. The molecule has 2 rings (SSSR count). The van der Waals surface area contributed by atoms with Crippen LogP contribution in [-0.4, -0.2) is 64.7 Å². The maximum atomic E-state index is 12.7. The fraction of sp³-hybridized carbons (Fsp3) is 0.533. The van der Waals surface area contributed by atoms with E-state index in [1.54, 1.807) is 19.2 Å². The maximum absolute atomic E-state index is 12.7. The third-order valence-corrected chi connectivity index (χ3v) is 5.39. The van der Waals surface area contributed by atoms with Gasteiger partial charge >= 0.3 is 0 Å². The number of nitrogens with zero attached hydrogens (tertiary/aromatic N) is 1. The minimum absolute atomic E-state index is 0.117. The molecule has 0 bridgehead atoms. The van der Waals surface area contributed by atoms with E-state index in [1.807, 2.05) is 6.92 Å². The van der Waals surface area contributed by atoms with Crippen LogP contribution in [0.2, 0.25) is 0 Å². The Morgan fingerprint density at radius 2 is 2.26 bits per heavy atom. The van der Waals surface area contributed by atoms with Crippen molar-refractivity contribution in [2.45, 2.75) is 17.9 Å². The second-order valence-electron chi connectivity index (χ2n) is 5.32. The lowest BCUT2D eigenvalue weighted by Gasteiger charge is -2.30. The van der Waals surface area contributed by atoms with Crippen LogP contribution in [0.5, 0.6) is 0 Å². The van der Waals surface area contributed by atoms with Crippen LogP contribution in [0, 0.1) is 0 Å². The summed E-state index contributed by atoms with van der Waals surface area (Å²) < 4.78 is 37.0. The molecular weight excluding hydrogens is 320 g/mol. The van der Waals surface area contributed by atoms with Crippen molar-refractivity contribution in [1.82, 2.24) is 9.62 Å². The summed E-state index contributed by atoms with van der Waals surface area (Å²) in [5, 5.41) is 2.67. The number of sulfonamides is 1. The SMILES string of the molecule is COCCNC(=O)c1cccc(S(=O)(=O)N2CCOC(C)C2)c1. The molecular formula is C15H22N2O5S. The number of benzene rings is 1. The van der Waals surface area contributed by atoms with Crippen molar-refractivity contribution >= 4 is 15.9 Å². The van der Waals surface area contributed by atoms with Crippen LogP contribution >= 0.6 is 0 Å². The fourth-order valence-corrected chi connectivity index (χ4v) is 3.87. The minimum Gasteiger partial charge on any atom is -0.383 e. The highest BCUT2D eigenvalue weighted by atomic mass is 32.2. The number of rotatable bonds is 6. The van der Waals surface area contributed by atoms with Gasteiger partial charge in [-0.15, -0.1) is 0 Å². The molecule has 1 aliphatic heterocycles. The summed E-state index contributed by atoms with van der Waals surface area (Å²) in [5.41, 5.74) is 0.309. The van der Waals surface area contributed by atoms with E-state index in [0.29, 0.717) is 38.4 Å². The Morgan fingerprint density at radius 3 is 2.96 bits per heavy atom. The van der Waals surface area contributed by atoms with Gasteiger partial charge in [-0.05, 0) is 25.1 Å². The number of morpholine rings is 1. The molecule has 23 heavy (non-hydrogen) atoms. The first kappa shape index (κ1) is 17.9. The van der Waals surface area contributed by atoms with Gasteiger partial charge < -0.3 is 14.8 Å². The van der Waals surface area contributed by atoms with E-state index in [-0.39, 0.29) is 16.9 Å². The summed E-state index contributed by atoms with van der Waals surface area (Å²) >= 11 is 0. The Morgan fingerprint density at radius 1 is 1.48 bits per heavy atom. The van der Waals surface area contributed by atoms with Crippen LogP contribution in [0.1, 0.15) is 17.3 Å². The second-order valence-corrected chi connectivity index (χ2v) is 7.26. The number of ether oxygens (including phenoxy) is 2. The molecule has 8 heteroatoms. The molecule has 0 saturated carbocycles. The molecule has 1 unspecified atom stereocenters. The standard InChI is InChI=1S/C15H22N2O5S/c1-12-11-17(7-9-22-12)23(19,20)14-5-3-4-13(10-14)15(18)16-6-8-21-2/h3-5,10,12H,6-9,11H2,1-2H3,(H,16,18). The summed E-state index contributed by atoms with van der Waals surface area (Å²) in [6.45, 7) is 3.60. The van der Waals surface area contributed by atoms with Crippen LogP contribution in [0.25, 0.3) is 0 Å². The smallest absolute Gasteiger partial charge is 0.251 e. The van der Waals surface area contributed by atoms with Gasteiger partial charge in [0.1, 0.15) is 0 Å². The summed E-state index contributed by atoms with van der Waals surface area (Å²) in [7, 11) is -2.08. The number of carbonyl (C=O) groups excluding carboxylic acids is 1. The highest BCUT2D eigenvalue weighted by Crippen LogP contribution is 2.19. The predicted octanol–water partition coefficient (Wildman–Crippen LogP) is 0.472. The minimum atomic E-state index is -3.63. The van der Waals surface area contributed by atoms with Gasteiger partial charge in [-0.2, -0.15) is 4.31 Å². The maximum Gasteiger partial charge on any atom is 0.251 e. The fourth-order valence-electron chi connectivity index (χ4n) is 2.32. The molecule has 1 amide bonds. The molecule has 128 valence electrons. The van der Waals surface area contributed by atoms with Gasteiger partial charge in [0, 0.05) is 32.3 Å². The van der Waals surface area contributed by atoms with E-state index in [9.17, 15) is 13.2 Å². The van der Waals surface area contributed by atoms with E-state index in [0.717, 1.165) is 0 Å². The number of methoxy groups -OCH3 is 1. The van der Waals surface area contributed by atoms with Crippen LogP contribution in [0.15, 0.2) is 29.2 Å². The van der Waals surface area contributed by atoms with Gasteiger partial charge in [0.05, 0.1) is 24.2 Å². The zero-order chi connectivity index (χ0) is 16.9. The zero-order valence-corrected chi connectivity index (χ0v) is 14.1. The quantitative estimate of drug-likeness (QED) is 0.760. The van der Waals surface area contributed by atoms with Gasteiger partial charge in [0.25, 0.3) is 5.91 Å². The third-order valence-electron chi connectivity index (χ3n) is 3.53. The van der Waals surface area contributed by atoms with Gasteiger partial charge in [-0.25, -0.2) is 8.42 Å². The van der Waals surface area contributed by atoms with Crippen LogP contribution in [0.3, 0.4) is 0 Å². The van der Waals surface area contributed by atoms with Crippen molar-refractivity contribution in [1.29, 1.82) is 0 Å². The second kappa shape index (κ2) is 7.87. The number of amides is 1. The first-order valence-corrected chi connectivity index (χ1v) is 8.88. The van der Waals surface area contributed by atoms with Gasteiger partial charge in [-0.1, -0.05) is 6.07 Å². The van der Waals surface area contributed by atoms with Crippen molar-refractivity contribution < 1.29 is 22.7 Å². The van der Waals surface area contributed by atoms with E-state index in [2.05, 4.69) is 5.32 Å². The molecule has 1 aromatic carbocycles. The number of carbonyl (C=O) groups is 1. The van der Waals surface area contributed by atoms with Crippen molar-refractivity contribution in [3.63, 3.8) is 0 Å². The van der Waals surface area contributed by atoms with Crippen molar-refractivity contribution in [3.05, 3.63) is 29.8 Å². The predicted molar refractivity (Wildman–Crippen MR) is 84.8 cm³/mol. The first-order chi connectivity index (χ1) is 10.9. The Kier molecular flexibility index (Phi) is 6.11. The molecule has 0 spiro atoms. The largest absolute Gasteiger partial charge is 0.383 e. The molecule has 7 nitrogen and oxygen atoms in total. The van der Waals surface area contributed by atoms with E-state index in [4.69, 9.17) is 9.47 Å². The Hall–Kier alpha value is -1.48. The summed E-state index contributed by atoms with van der Waals surface area (Å²) in [4.78, 5) is 12.1. The zero-order valence-electron chi connectivity index (χ0n) is 13.3. The molecule has 0 radical (unpaired) electrons. The number of hydrogen-bond donors (Lipinski definition) is 1. The van der Waals surface area contributed by atoms with Crippen LogP contribution in [0.4, 0.5) is 0 Å². The molecule has 1 fully saturated rings. The van der Waals surface area contributed by atoms with Crippen molar-refractivity contribution in [3.8, 4) is 0 Å². The number of hydrogen-bond acceptors (Lipinski definition) is 5. The number of nitrogens with one attached hydrogen (secondary N) is 1. The molecule has 0 aromatic heterocycles. The third kappa shape index (κ3) is 4.51. The lowest BCUT2D eigenvalue weighted by Crippen LogP contribution is -2.44. The van der Waals surface area contributed by atoms with Crippen LogP contribution < -0.4 is 5.32 Å². The van der Waals surface area contributed by atoms with Gasteiger partial charge in [0.2, 0.25) is 10.0 Å². The summed E-state index contributed by atoms with van der Waals surface area (Å²) in [6, 6.07) is 6.06. The highest BCUT2D eigenvalue weighted by Gasteiger charge is 2.29. The van der Waals surface area contributed by atoms with Gasteiger partial charge in [-0.3, -0.25) is 4.79 Å². The Bertz CT molecular complexity index is 647. The van der Waals surface area contributed by atoms with Crippen molar-refractivity contribution in [2.24, 2.45) is 0 Å². The topological polar surface area (TPSA) is 84.9 Å². The van der Waals surface area contributed by atoms with Crippen LogP contribution in [-0.2, 0) is 19.5 Å². The molecule has 1 aromatic rings. The monoisotopic (exact) mass is 342 g/mol. The average molecular weight is 342 g/mol. The first-order valence-electron chi connectivity index (χ1n) is 7.44. The molecule has 1 N–H and O–H groups in total. The Labute approximate surface area is 136 Å². The normalized spacial score (nSPS) is 19.5. The van der Waals surface area contributed by atoms with Crippen molar-refractivity contribution in [2.75, 3.05) is 40.0 Å². The summed E-state index contributed by atoms with van der Waals surface area (Å²) in [5.74, 6) is -0.325. The molecule has 1 heterocycles. The Balaban J connectivity index is 2.16. The lowest BCUT2D eigenvalue weighted by atomic mass is 10.2. The van der Waals surface area contributed by atoms with E-state index < -0.39 is 10.0 Å². The van der Waals surface area contributed by atoms with E-state index in [1.165, 1.54) is 16.4 Å². The average Bonchev–Trinajstić information content (AvgIpc) is 2.55. The molecule has 1 aliphatic rings. The summed E-state index contributed by atoms with van der Waals surface area (Å²) in [6.07, 6.45) is -0.140. The van der Waals surface area contributed by atoms with E-state index >= 15 is 0 Å². The van der Waals surface area contributed by atoms with Gasteiger partial charge in [0.15, 0.2) is 0 Å². The molecule has 1 saturated heterocycles. The molecule has 0 aliphatic carbocycles. The lowest BCUT2D eigenvalue weighted by molar-refractivity contribution is 0.0102. The highest BCUT2D eigenvalue weighted by molar-refractivity contribution is 7.89.